The van der Waals surface area contributed by atoms with Crippen molar-refractivity contribution in [1.82, 2.24) is 15.1 Å². The SMILES string of the molecule is CC(=O)OCC1=C(C(=O)OC(c2ccccc2)c2ccccc2)N2C(=O)[C@@H](NC(=S)N=CN(C)C)[C@H]2SC1. The van der Waals surface area contributed by atoms with Gasteiger partial charge in [-0.25, -0.2) is 9.79 Å². The molecular weight excluding hydrogens is 524 g/mol. The number of ether oxygens (including phenoxy) is 2. The predicted octanol–water partition coefficient (Wildman–Crippen LogP) is 2.88. The first-order chi connectivity index (χ1) is 18.3. The molecule has 0 unspecified atom stereocenters. The van der Waals surface area contributed by atoms with E-state index in [1.165, 1.54) is 29.9 Å². The zero-order chi connectivity index (χ0) is 27.2. The maximum atomic E-state index is 13.8. The topological polar surface area (TPSA) is 101 Å². The van der Waals surface area contributed by atoms with Crippen LogP contribution in [0.4, 0.5) is 0 Å². The minimum atomic E-state index is -0.696. The second-order valence-corrected chi connectivity index (χ2v) is 10.4. The molecule has 4 rings (SSSR count). The molecule has 0 aliphatic carbocycles. The molecule has 2 atom stereocenters. The molecule has 0 spiro atoms. The lowest BCUT2D eigenvalue weighted by Crippen LogP contribution is -2.70. The Balaban J connectivity index is 1.62. The summed E-state index contributed by atoms with van der Waals surface area (Å²) >= 11 is 6.71. The van der Waals surface area contributed by atoms with Gasteiger partial charge in [0.2, 0.25) is 0 Å². The van der Waals surface area contributed by atoms with Crippen molar-refractivity contribution in [2.24, 2.45) is 4.99 Å². The van der Waals surface area contributed by atoms with Gasteiger partial charge < -0.3 is 19.7 Å². The minimum Gasteiger partial charge on any atom is -0.461 e. The number of rotatable bonds is 8. The Morgan fingerprint density at radius 2 is 1.76 bits per heavy atom. The van der Waals surface area contributed by atoms with Crippen molar-refractivity contribution in [1.29, 1.82) is 0 Å². The Labute approximate surface area is 230 Å². The number of carbonyl (C=O) groups excluding carboxylic acids is 3. The van der Waals surface area contributed by atoms with Crippen molar-refractivity contribution >= 4 is 53.3 Å². The first-order valence-electron chi connectivity index (χ1n) is 11.9. The standard InChI is InChI=1S/C27H28N4O5S2/c1-17(32)35-14-20-15-38-25-21(29-27(37)28-16-30(2)3)24(33)31(25)22(20)26(34)36-23(18-10-6-4-7-11-18)19-12-8-5-9-13-19/h4-13,16,21,23,25H,14-15H2,1-3H3,(H,29,37)/t21-,25-/m1/s1. The zero-order valence-electron chi connectivity index (χ0n) is 21.2. The number of β-lactam (4-membered cyclic amide) rings is 1. The van der Waals surface area contributed by atoms with Gasteiger partial charge >= 0.3 is 11.9 Å². The fraction of sp³-hybridized carbons (Fsp3) is 0.296. The molecule has 1 saturated heterocycles. The lowest BCUT2D eigenvalue weighted by molar-refractivity contribution is -0.153. The van der Waals surface area contributed by atoms with E-state index in [2.05, 4.69) is 10.3 Å². The maximum Gasteiger partial charge on any atom is 0.356 e. The van der Waals surface area contributed by atoms with Crippen LogP contribution in [-0.4, -0.2) is 77.0 Å². The Morgan fingerprint density at radius 1 is 1.16 bits per heavy atom. The number of carbonyl (C=O) groups is 3. The van der Waals surface area contributed by atoms with Crippen molar-refractivity contribution in [3.8, 4) is 0 Å². The van der Waals surface area contributed by atoms with Gasteiger partial charge in [0.05, 0.1) is 6.34 Å². The van der Waals surface area contributed by atoms with Crippen molar-refractivity contribution in [3.63, 3.8) is 0 Å². The Hall–Kier alpha value is -3.70. The van der Waals surface area contributed by atoms with E-state index in [9.17, 15) is 14.4 Å². The Bertz CT molecular complexity index is 1230. The third-order valence-electron chi connectivity index (χ3n) is 5.80. The molecule has 1 fully saturated rings. The van der Waals surface area contributed by atoms with E-state index in [-0.39, 0.29) is 23.3 Å². The van der Waals surface area contributed by atoms with Crippen LogP contribution < -0.4 is 5.32 Å². The van der Waals surface area contributed by atoms with E-state index in [1.807, 2.05) is 74.8 Å². The second kappa shape index (κ2) is 12.2. The molecule has 2 aromatic carbocycles. The third-order valence-corrected chi connectivity index (χ3v) is 7.37. The van der Waals surface area contributed by atoms with Crippen LogP contribution in [-0.2, 0) is 23.9 Å². The maximum absolute atomic E-state index is 13.8. The van der Waals surface area contributed by atoms with Gasteiger partial charge in [0.1, 0.15) is 23.7 Å². The molecule has 2 heterocycles. The molecule has 0 saturated carbocycles. The second-order valence-electron chi connectivity index (χ2n) is 8.88. The number of nitrogens with zero attached hydrogens (tertiary/aromatic N) is 3. The largest absolute Gasteiger partial charge is 0.461 e. The van der Waals surface area contributed by atoms with Crippen LogP contribution in [0.15, 0.2) is 76.9 Å². The summed E-state index contributed by atoms with van der Waals surface area (Å²) in [6.45, 7) is 1.18. The summed E-state index contributed by atoms with van der Waals surface area (Å²) in [5.74, 6) is -1.12. The van der Waals surface area contributed by atoms with Gasteiger partial charge in [-0.1, -0.05) is 60.7 Å². The normalized spacial score (nSPS) is 18.6. The summed E-state index contributed by atoms with van der Waals surface area (Å²) in [5.41, 5.74) is 2.17. The van der Waals surface area contributed by atoms with E-state index in [4.69, 9.17) is 21.7 Å². The third kappa shape index (κ3) is 6.22. The molecule has 2 aliphatic heterocycles. The molecule has 1 amide bonds. The van der Waals surface area contributed by atoms with E-state index in [1.54, 1.807) is 4.90 Å². The first kappa shape index (κ1) is 27.3. The molecule has 0 radical (unpaired) electrons. The van der Waals surface area contributed by atoms with Crippen LogP contribution in [0.2, 0.25) is 0 Å². The van der Waals surface area contributed by atoms with E-state index in [0.29, 0.717) is 11.3 Å². The Kier molecular flexibility index (Phi) is 8.80. The van der Waals surface area contributed by atoms with Crippen molar-refractivity contribution in [2.45, 2.75) is 24.4 Å². The highest BCUT2D eigenvalue weighted by Gasteiger charge is 2.54. The minimum absolute atomic E-state index is 0.0950. The van der Waals surface area contributed by atoms with Crippen LogP contribution in [0.25, 0.3) is 0 Å². The molecule has 2 aromatic rings. The summed E-state index contributed by atoms with van der Waals surface area (Å²) in [6.07, 6.45) is 0.843. The van der Waals surface area contributed by atoms with E-state index >= 15 is 0 Å². The van der Waals surface area contributed by atoms with Gasteiger partial charge in [-0.2, -0.15) is 0 Å². The molecule has 9 nitrogen and oxygen atoms in total. The number of benzene rings is 2. The van der Waals surface area contributed by atoms with Crippen molar-refractivity contribution in [2.75, 3.05) is 26.5 Å². The highest BCUT2D eigenvalue weighted by atomic mass is 32.2. The monoisotopic (exact) mass is 552 g/mol. The number of aliphatic imine (C=N–C) groups is 1. The number of hydrogen-bond donors (Lipinski definition) is 1. The highest BCUT2D eigenvalue weighted by Crippen LogP contribution is 2.41. The summed E-state index contributed by atoms with van der Waals surface area (Å²) in [6, 6.07) is 18.1. The van der Waals surface area contributed by atoms with Crippen LogP contribution in [0, 0.1) is 0 Å². The molecule has 38 heavy (non-hydrogen) atoms. The number of amides is 1. The number of nitrogens with one attached hydrogen (secondary N) is 1. The van der Waals surface area contributed by atoms with Gasteiger partial charge in [0.15, 0.2) is 11.2 Å². The van der Waals surface area contributed by atoms with Gasteiger partial charge in [0, 0.05) is 32.3 Å². The first-order valence-corrected chi connectivity index (χ1v) is 13.3. The van der Waals surface area contributed by atoms with E-state index in [0.717, 1.165) is 11.1 Å². The molecule has 0 aromatic heterocycles. The van der Waals surface area contributed by atoms with E-state index < -0.39 is 29.5 Å². The predicted molar refractivity (Wildman–Crippen MR) is 149 cm³/mol. The molecule has 11 heteroatoms. The summed E-state index contributed by atoms with van der Waals surface area (Å²) in [5, 5.41) is 2.75. The quantitative estimate of drug-likeness (QED) is 0.174. The number of fused-ring (bicyclic) bond motifs is 1. The number of thiocarbonyl (C=S) groups is 1. The summed E-state index contributed by atoms with van der Waals surface area (Å²) < 4.78 is 11.3. The molecular formula is C27H28N4O5S2. The summed E-state index contributed by atoms with van der Waals surface area (Å²) in [4.78, 5) is 45.8. The average Bonchev–Trinajstić information content (AvgIpc) is 2.92. The van der Waals surface area contributed by atoms with Gasteiger partial charge in [0.25, 0.3) is 5.91 Å². The van der Waals surface area contributed by atoms with Crippen LogP contribution in [0.1, 0.15) is 24.2 Å². The molecule has 198 valence electrons. The fourth-order valence-corrected chi connectivity index (χ4v) is 5.56. The van der Waals surface area contributed by atoms with Gasteiger partial charge in [-0.3, -0.25) is 14.5 Å². The number of thioether (sulfide) groups is 1. The van der Waals surface area contributed by atoms with Crippen LogP contribution in [0.5, 0.6) is 0 Å². The Morgan fingerprint density at radius 3 is 2.32 bits per heavy atom. The van der Waals surface area contributed by atoms with Crippen molar-refractivity contribution in [3.05, 3.63) is 83.1 Å². The summed E-state index contributed by atoms with van der Waals surface area (Å²) in [7, 11) is 3.62. The average molecular weight is 553 g/mol. The number of hydrogen-bond acceptors (Lipinski definition) is 7. The smallest absolute Gasteiger partial charge is 0.356 e. The lowest BCUT2D eigenvalue weighted by Gasteiger charge is -2.49. The molecule has 1 N–H and O–H groups in total. The lowest BCUT2D eigenvalue weighted by atomic mass is 10.0. The van der Waals surface area contributed by atoms with Gasteiger partial charge in [-0.15, -0.1) is 11.8 Å². The highest BCUT2D eigenvalue weighted by molar-refractivity contribution is 8.00. The zero-order valence-corrected chi connectivity index (χ0v) is 22.8. The fourth-order valence-electron chi connectivity index (χ4n) is 4.06. The van der Waals surface area contributed by atoms with Gasteiger partial charge in [-0.05, 0) is 23.3 Å². The van der Waals surface area contributed by atoms with Crippen LogP contribution >= 0.6 is 24.0 Å². The number of esters is 2. The molecule has 2 aliphatic rings. The van der Waals surface area contributed by atoms with Crippen LogP contribution in [0.3, 0.4) is 0 Å². The van der Waals surface area contributed by atoms with Crippen molar-refractivity contribution < 1.29 is 23.9 Å². The molecule has 0 bridgehead atoms.